The summed E-state index contributed by atoms with van der Waals surface area (Å²) in [6.07, 6.45) is 1.48. The summed E-state index contributed by atoms with van der Waals surface area (Å²) in [5.74, 6) is 0.107. The van der Waals surface area contributed by atoms with Crippen LogP contribution in [0.5, 0.6) is 0 Å². The molecule has 0 atom stereocenters. The number of anilines is 1. The first-order valence-electron chi connectivity index (χ1n) is 6.79. The van der Waals surface area contributed by atoms with Crippen LogP contribution >= 0.6 is 0 Å². The van der Waals surface area contributed by atoms with Gasteiger partial charge in [0.1, 0.15) is 0 Å². The SMILES string of the molecule is CCCNC(=O)CCNc1ccc2ccccc2c1. The maximum atomic E-state index is 11.5. The third-order valence-electron chi connectivity index (χ3n) is 3.00. The molecule has 3 heteroatoms. The second-order valence-corrected chi connectivity index (χ2v) is 4.59. The van der Waals surface area contributed by atoms with E-state index >= 15 is 0 Å². The first-order chi connectivity index (χ1) is 9.29. The summed E-state index contributed by atoms with van der Waals surface area (Å²) >= 11 is 0. The Hall–Kier alpha value is -2.03. The van der Waals surface area contributed by atoms with Gasteiger partial charge in [0.05, 0.1) is 0 Å². The molecule has 0 aliphatic carbocycles. The quantitative estimate of drug-likeness (QED) is 0.833. The Kier molecular flexibility index (Phi) is 4.78. The monoisotopic (exact) mass is 256 g/mol. The van der Waals surface area contributed by atoms with Crippen LogP contribution in [0.15, 0.2) is 42.5 Å². The van der Waals surface area contributed by atoms with E-state index in [0.717, 1.165) is 18.7 Å². The summed E-state index contributed by atoms with van der Waals surface area (Å²) in [4.78, 5) is 11.5. The molecule has 0 spiro atoms. The normalized spacial score (nSPS) is 10.4. The molecular weight excluding hydrogens is 236 g/mol. The van der Waals surface area contributed by atoms with Crippen molar-refractivity contribution < 1.29 is 4.79 Å². The molecule has 2 rings (SSSR count). The van der Waals surface area contributed by atoms with Crippen LogP contribution in [-0.4, -0.2) is 19.0 Å². The van der Waals surface area contributed by atoms with Crippen LogP contribution in [-0.2, 0) is 4.79 Å². The van der Waals surface area contributed by atoms with Gasteiger partial charge in [-0.15, -0.1) is 0 Å². The molecule has 2 N–H and O–H groups in total. The zero-order chi connectivity index (χ0) is 13.5. The number of benzene rings is 2. The van der Waals surface area contributed by atoms with Crippen LogP contribution in [0.3, 0.4) is 0 Å². The van der Waals surface area contributed by atoms with Gasteiger partial charge in [0.25, 0.3) is 0 Å². The number of fused-ring (bicyclic) bond motifs is 1. The number of hydrogen-bond donors (Lipinski definition) is 2. The van der Waals surface area contributed by atoms with Crippen molar-refractivity contribution in [2.24, 2.45) is 0 Å². The van der Waals surface area contributed by atoms with Crippen molar-refractivity contribution in [2.75, 3.05) is 18.4 Å². The number of hydrogen-bond acceptors (Lipinski definition) is 2. The van der Waals surface area contributed by atoms with Gasteiger partial charge in [0.15, 0.2) is 0 Å². The highest BCUT2D eigenvalue weighted by Crippen LogP contribution is 2.18. The van der Waals surface area contributed by atoms with Crippen molar-refractivity contribution in [3.63, 3.8) is 0 Å². The van der Waals surface area contributed by atoms with Crippen LogP contribution in [0.2, 0.25) is 0 Å². The fourth-order valence-electron chi connectivity index (χ4n) is 1.97. The van der Waals surface area contributed by atoms with Crippen molar-refractivity contribution in [1.29, 1.82) is 0 Å². The Morgan fingerprint density at radius 1 is 1.05 bits per heavy atom. The van der Waals surface area contributed by atoms with Gasteiger partial charge in [-0.2, -0.15) is 0 Å². The van der Waals surface area contributed by atoms with E-state index in [0.29, 0.717) is 13.0 Å². The Labute approximate surface area is 114 Å². The van der Waals surface area contributed by atoms with Crippen LogP contribution in [0.1, 0.15) is 19.8 Å². The Balaban J connectivity index is 1.86. The second-order valence-electron chi connectivity index (χ2n) is 4.59. The van der Waals surface area contributed by atoms with Crippen molar-refractivity contribution in [1.82, 2.24) is 5.32 Å². The van der Waals surface area contributed by atoms with E-state index in [2.05, 4.69) is 34.9 Å². The minimum Gasteiger partial charge on any atom is -0.385 e. The highest BCUT2D eigenvalue weighted by atomic mass is 16.1. The highest BCUT2D eigenvalue weighted by Gasteiger charge is 2.00. The van der Waals surface area contributed by atoms with Crippen molar-refractivity contribution >= 4 is 22.4 Å². The van der Waals surface area contributed by atoms with Gasteiger partial charge in [-0.25, -0.2) is 0 Å². The zero-order valence-electron chi connectivity index (χ0n) is 11.3. The molecule has 19 heavy (non-hydrogen) atoms. The van der Waals surface area contributed by atoms with Gasteiger partial charge in [-0.3, -0.25) is 4.79 Å². The lowest BCUT2D eigenvalue weighted by Crippen LogP contribution is -2.25. The smallest absolute Gasteiger partial charge is 0.221 e. The third kappa shape index (κ3) is 3.98. The molecule has 0 unspecified atom stereocenters. The summed E-state index contributed by atoms with van der Waals surface area (Å²) in [6.45, 7) is 3.47. The molecule has 2 aromatic rings. The topological polar surface area (TPSA) is 41.1 Å². The predicted molar refractivity (Wildman–Crippen MR) is 80.4 cm³/mol. The predicted octanol–water partition coefficient (Wildman–Crippen LogP) is 3.17. The molecular formula is C16H20N2O. The average Bonchev–Trinajstić information content (AvgIpc) is 2.45. The van der Waals surface area contributed by atoms with Gasteiger partial charge in [0.2, 0.25) is 5.91 Å². The summed E-state index contributed by atoms with van der Waals surface area (Å²) in [5, 5.41) is 8.59. The van der Waals surface area contributed by atoms with E-state index in [1.54, 1.807) is 0 Å². The van der Waals surface area contributed by atoms with Gasteiger partial charge in [-0.05, 0) is 29.3 Å². The van der Waals surface area contributed by atoms with Crippen LogP contribution in [0.25, 0.3) is 10.8 Å². The molecule has 0 heterocycles. The van der Waals surface area contributed by atoms with Gasteiger partial charge in [-0.1, -0.05) is 37.3 Å². The molecule has 0 radical (unpaired) electrons. The number of carbonyl (C=O) groups is 1. The molecule has 2 aromatic carbocycles. The highest BCUT2D eigenvalue weighted by molar-refractivity contribution is 5.85. The summed E-state index contributed by atoms with van der Waals surface area (Å²) < 4.78 is 0. The average molecular weight is 256 g/mol. The lowest BCUT2D eigenvalue weighted by atomic mass is 10.1. The largest absolute Gasteiger partial charge is 0.385 e. The number of rotatable bonds is 6. The Morgan fingerprint density at radius 3 is 2.63 bits per heavy atom. The minimum absolute atomic E-state index is 0.107. The fourth-order valence-corrected chi connectivity index (χ4v) is 1.97. The maximum Gasteiger partial charge on any atom is 0.221 e. The van der Waals surface area contributed by atoms with E-state index < -0.39 is 0 Å². The summed E-state index contributed by atoms with van der Waals surface area (Å²) in [6, 6.07) is 14.5. The van der Waals surface area contributed by atoms with Crippen molar-refractivity contribution in [3.05, 3.63) is 42.5 Å². The summed E-state index contributed by atoms with van der Waals surface area (Å²) in [7, 11) is 0. The molecule has 0 bridgehead atoms. The van der Waals surface area contributed by atoms with Crippen molar-refractivity contribution in [2.45, 2.75) is 19.8 Å². The first kappa shape index (κ1) is 13.4. The minimum atomic E-state index is 0.107. The van der Waals surface area contributed by atoms with Gasteiger partial charge in [0, 0.05) is 25.2 Å². The van der Waals surface area contributed by atoms with E-state index in [9.17, 15) is 4.79 Å². The van der Waals surface area contributed by atoms with Crippen molar-refractivity contribution in [3.8, 4) is 0 Å². The first-order valence-corrected chi connectivity index (χ1v) is 6.79. The fraction of sp³-hybridized carbons (Fsp3) is 0.312. The lowest BCUT2D eigenvalue weighted by molar-refractivity contribution is -0.120. The molecule has 0 aromatic heterocycles. The standard InChI is InChI=1S/C16H20N2O/c1-2-10-18-16(19)9-11-17-15-8-7-13-5-3-4-6-14(13)12-15/h3-8,12,17H,2,9-11H2,1H3,(H,18,19). The molecule has 3 nitrogen and oxygen atoms in total. The van der Waals surface area contributed by atoms with Crippen LogP contribution in [0.4, 0.5) is 5.69 Å². The molecule has 100 valence electrons. The van der Waals surface area contributed by atoms with E-state index in [4.69, 9.17) is 0 Å². The Morgan fingerprint density at radius 2 is 1.84 bits per heavy atom. The number of amides is 1. The van der Waals surface area contributed by atoms with Crippen LogP contribution in [0, 0.1) is 0 Å². The van der Waals surface area contributed by atoms with Gasteiger partial charge < -0.3 is 10.6 Å². The van der Waals surface area contributed by atoms with E-state index in [-0.39, 0.29) is 5.91 Å². The summed E-state index contributed by atoms with van der Waals surface area (Å²) in [5.41, 5.74) is 1.06. The zero-order valence-corrected chi connectivity index (χ0v) is 11.3. The van der Waals surface area contributed by atoms with Crippen LogP contribution < -0.4 is 10.6 Å². The Bertz CT molecular complexity index is 551. The molecule has 0 aliphatic rings. The van der Waals surface area contributed by atoms with E-state index in [1.807, 2.05) is 25.1 Å². The maximum absolute atomic E-state index is 11.5. The number of nitrogens with one attached hydrogen (secondary N) is 2. The lowest BCUT2D eigenvalue weighted by Gasteiger charge is -2.08. The molecule has 0 saturated carbocycles. The van der Waals surface area contributed by atoms with Gasteiger partial charge >= 0.3 is 0 Å². The third-order valence-corrected chi connectivity index (χ3v) is 3.00. The molecule has 0 aliphatic heterocycles. The molecule has 1 amide bonds. The molecule has 0 saturated heterocycles. The van der Waals surface area contributed by atoms with E-state index in [1.165, 1.54) is 10.8 Å². The number of carbonyl (C=O) groups excluding carboxylic acids is 1. The molecule has 0 fully saturated rings. The second kappa shape index (κ2) is 6.78.